The van der Waals surface area contributed by atoms with Crippen LogP contribution >= 0.6 is 0 Å². The number of benzene rings is 5. The van der Waals surface area contributed by atoms with Gasteiger partial charge in [-0.25, -0.2) is 10.3 Å². The number of carbonyl (C=O) groups excluding carboxylic acids is 2. The highest BCUT2D eigenvalue weighted by atomic mass is 16.7. The van der Waals surface area contributed by atoms with Crippen LogP contribution in [0.3, 0.4) is 0 Å². The van der Waals surface area contributed by atoms with Crippen LogP contribution in [0.5, 0.6) is 0 Å². The van der Waals surface area contributed by atoms with Crippen LogP contribution < -0.4 is 10.8 Å². The zero-order valence-corrected chi connectivity index (χ0v) is 31.4. The number of alkyl carbamates (subject to hydrolysis) is 1. The number of hydrogen-bond acceptors (Lipinski definition) is 4. The summed E-state index contributed by atoms with van der Waals surface area (Å²) in [6.07, 6.45) is 1.57. The third kappa shape index (κ3) is 8.70. The maximum atomic E-state index is 14.4. The van der Waals surface area contributed by atoms with Crippen LogP contribution in [0, 0.1) is 0 Å². The molecular weight excluding hydrogens is 659 g/mol. The summed E-state index contributed by atoms with van der Waals surface area (Å²) in [5.74, 6) is -0.516. The number of rotatable bonds is 11. The second-order valence-electron chi connectivity index (χ2n) is 15.5. The number of amides is 2. The molecule has 6 rings (SSSR count). The Labute approximate surface area is 312 Å². The van der Waals surface area contributed by atoms with Crippen LogP contribution in [-0.4, -0.2) is 28.2 Å². The molecule has 7 nitrogen and oxygen atoms in total. The van der Waals surface area contributed by atoms with Gasteiger partial charge in [0.1, 0.15) is 11.6 Å². The quantitative estimate of drug-likeness (QED) is 0.104. The van der Waals surface area contributed by atoms with Crippen molar-refractivity contribution in [2.45, 2.75) is 77.2 Å². The van der Waals surface area contributed by atoms with Crippen molar-refractivity contribution in [3.63, 3.8) is 0 Å². The Morgan fingerprint density at radius 3 is 1.66 bits per heavy atom. The lowest BCUT2D eigenvalue weighted by atomic mass is 9.80. The summed E-state index contributed by atoms with van der Waals surface area (Å²) < 4.78 is 7.83. The molecule has 1 atom stereocenters. The van der Waals surface area contributed by atoms with Gasteiger partial charge in [0, 0.05) is 30.1 Å². The van der Waals surface area contributed by atoms with E-state index < -0.39 is 29.2 Å². The molecule has 0 unspecified atom stereocenters. The lowest BCUT2D eigenvalue weighted by molar-refractivity contribution is -0.145. The Morgan fingerprint density at radius 2 is 1.15 bits per heavy atom. The van der Waals surface area contributed by atoms with Crippen molar-refractivity contribution in [3.8, 4) is 0 Å². The summed E-state index contributed by atoms with van der Waals surface area (Å²) in [4.78, 5) is 34.4. The lowest BCUT2D eigenvalue weighted by Crippen LogP contribution is -2.51. The minimum absolute atomic E-state index is 0.0647. The smallest absolute Gasteiger partial charge is 0.408 e. The van der Waals surface area contributed by atoms with Gasteiger partial charge in [0.2, 0.25) is 0 Å². The predicted molar refractivity (Wildman–Crippen MR) is 211 cm³/mol. The molecule has 0 saturated carbocycles. The highest BCUT2D eigenvalue weighted by molar-refractivity contribution is 5.88. The Kier molecular flexibility index (Phi) is 10.9. The van der Waals surface area contributed by atoms with Crippen LogP contribution in [-0.2, 0) is 38.4 Å². The SMILES string of the molecule is CC(C)(C)OC(=O)N[C@@H](Cc1cn(Cc2ccc(C(C)(C)C)cc2)c2ccccc12)C(=O)NOC(c1ccccc1)(c1ccccc1)c1ccccc1. The van der Waals surface area contributed by atoms with Crippen LogP contribution in [0.15, 0.2) is 146 Å². The number of nitrogens with zero attached hydrogens (tertiary/aromatic N) is 1. The normalized spacial score (nSPS) is 12.6. The highest BCUT2D eigenvalue weighted by Gasteiger charge is 2.40. The van der Waals surface area contributed by atoms with E-state index in [9.17, 15) is 9.59 Å². The van der Waals surface area contributed by atoms with Gasteiger partial charge in [-0.1, -0.05) is 154 Å². The van der Waals surface area contributed by atoms with Crippen molar-refractivity contribution >= 4 is 22.9 Å². The van der Waals surface area contributed by atoms with Gasteiger partial charge in [-0.2, -0.15) is 0 Å². The zero-order valence-electron chi connectivity index (χ0n) is 31.4. The average Bonchev–Trinajstić information content (AvgIpc) is 3.48. The lowest BCUT2D eigenvalue weighted by Gasteiger charge is -2.35. The summed E-state index contributed by atoms with van der Waals surface area (Å²) in [7, 11) is 0. The van der Waals surface area contributed by atoms with Crippen LogP contribution in [0.1, 0.15) is 74.9 Å². The Balaban J connectivity index is 1.35. The molecule has 0 bridgehead atoms. The minimum Gasteiger partial charge on any atom is -0.444 e. The van der Waals surface area contributed by atoms with Crippen molar-refractivity contribution in [2.75, 3.05) is 0 Å². The second kappa shape index (κ2) is 15.5. The molecule has 0 aliphatic carbocycles. The van der Waals surface area contributed by atoms with Gasteiger partial charge in [0.25, 0.3) is 5.91 Å². The second-order valence-corrected chi connectivity index (χ2v) is 15.5. The molecule has 6 aromatic rings. The summed E-state index contributed by atoms with van der Waals surface area (Å²) in [6.45, 7) is 12.7. The number of hydroxylamine groups is 1. The number of aromatic nitrogens is 1. The highest BCUT2D eigenvalue weighted by Crippen LogP contribution is 2.39. The third-order valence-corrected chi connectivity index (χ3v) is 9.32. The van der Waals surface area contributed by atoms with Crippen molar-refractivity contribution in [1.82, 2.24) is 15.4 Å². The Morgan fingerprint density at radius 1 is 0.642 bits per heavy atom. The molecule has 2 amide bonds. The van der Waals surface area contributed by atoms with E-state index >= 15 is 0 Å². The van der Waals surface area contributed by atoms with E-state index in [0.29, 0.717) is 6.54 Å². The number of fused-ring (bicyclic) bond motifs is 1. The Bertz CT molecular complexity index is 2030. The van der Waals surface area contributed by atoms with Crippen LogP contribution in [0.4, 0.5) is 4.79 Å². The number of para-hydroxylation sites is 1. The Hall–Kier alpha value is -5.66. The van der Waals surface area contributed by atoms with Crippen molar-refractivity contribution < 1.29 is 19.2 Å². The van der Waals surface area contributed by atoms with E-state index in [2.05, 4.69) is 72.7 Å². The van der Waals surface area contributed by atoms with E-state index in [-0.39, 0.29) is 11.8 Å². The van der Waals surface area contributed by atoms with Gasteiger partial charge in [-0.15, -0.1) is 0 Å². The fourth-order valence-electron chi connectivity index (χ4n) is 6.70. The number of carbonyl (C=O) groups is 2. The first-order chi connectivity index (χ1) is 25.3. The molecule has 0 aliphatic heterocycles. The van der Waals surface area contributed by atoms with Gasteiger partial charge >= 0.3 is 6.09 Å². The van der Waals surface area contributed by atoms with Crippen LogP contribution in [0.25, 0.3) is 10.9 Å². The minimum atomic E-state index is -1.20. The van der Waals surface area contributed by atoms with Crippen LogP contribution in [0.2, 0.25) is 0 Å². The van der Waals surface area contributed by atoms with Crippen molar-refractivity contribution in [2.24, 2.45) is 0 Å². The summed E-state index contributed by atoms with van der Waals surface area (Å²) in [6, 6.07) is 45.2. The van der Waals surface area contributed by atoms with Gasteiger partial charge in [-0.05, 0) is 65.6 Å². The molecular formula is C46H49N3O4. The molecule has 0 spiro atoms. The summed E-state index contributed by atoms with van der Waals surface area (Å²) in [5.41, 5.74) is 7.77. The van der Waals surface area contributed by atoms with Gasteiger partial charge in [0.15, 0.2) is 5.60 Å². The fourth-order valence-corrected chi connectivity index (χ4v) is 6.70. The zero-order chi connectivity index (χ0) is 37.6. The molecule has 1 aromatic heterocycles. The molecule has 0 saturated heterocycles. The molecule has 0 fully saturated rings. The van der Waals surface area contributed by atoms with E-state index in [1.165, 1.54) is 11.1 Å². The molecule has 7 heteroatoms. The first-order valence-corrected chi connectivity index (χ1v) is 18.1. The molecule has 2 N–H and O–H groups in total. The largest absolute Gasteiger partial charge is 0.444 e. The number of ether oxygens (including phenoxy) is 1. The topological polar surface area (TPSA) is 81.6 Å². The van der Waals surface area contributed by atoms with Gasteiger partial charge < -0.3 is 14.6 Å². The standard InChI is InChI=1S/C46H49N3O4/c1-44(2,3)35-28-26-33(27-29-35)31-49-32-34(39-24-16-17-25-41(39)49)30-40(47-43(51)52-45(4,5)6)42(50)48-53-46(36-18-10-7-11-19-36,37-20-12-8-13-21-37)38-22-14-9-15-23-38/h7-29,32,40H,30-31H2,1-6H3,(H,47,51)(H,48,50)/t40-/m0/s1. The van der Waals surface area contributed by atoms with E-state index in [1.807, 2.05) is 109 Å². The first-order valence-electron chi connectivity index (χ1n) is 18.1. The van der Waals surface area contributed by atoms with E-state index in [4.69, 9.17) is 9.57 Å². The average molecular weight is 708 g/mol. The molecule has 0 radical (unpaired) electrons. The molecule has 53 heavy (non-hydrogen) atoms. The monoisotopic (exact) mass is 707 g/mol. The molecule has 0 aliphatic rings. The number of hydrogen-bond donors (Lipinski definition) is 2. The van der Waals surface area contributed by atoms with Crippen molar-refractivity contribution in [1.29, 1.82) is 0 Å². The first kappa shape index (κ1) is 37.1. The van der Waals surface area contributed by atoms with Crippen molar-refractivity contribution in [3.05, 3.63) is 179 Å². The molecule has 1 heterocycles. The summed E-state index contributed by atoms with van der Waals surface area (Å²) >= 11 is 0. The number of nitrogens with one attached hydrogen (secondary N) is 2. The third-order valence-electron chi connectivity index (χ3n) is 9.32. The van der Waals surface area contributed by atoms with Gasteiger partial charge in [0.05, 0.1) is 0 Å². The van der Waals surface area contributed by atoms with E-state index in [1.54, 1.807) is 20.8 Å². The fraction of sp³-hybridized carbons (Fsp3) is 0.261. The predicted octanol–water partition coefficient (Wildman–Crippen LogP) is 9.46. The van der Waals surface area contributed by atoms with Gasteiger partial charge in [-0.3, -0.25) is 9.63 Å². The molecule has 5 aromatic carbocycles. The maximum Gasteiger partial charge on any atom is 0.408 e. The van der Waals surface area contributed by atoms with E-state index in [0.717, 1.165) is 33.2 Å². The summed E-state index contributed by atoms with van der Waals surface area (Å²) in [5, 5.41) is 3.85. The maximum absolute atomic E-state index is 14.4. The molecule has 272 valence electrons.